The minimum absolute atomic E-state index is 0.139. The van der Waals surface area contributed by atoms with Crippen LogP contribution in [0.4, 0.5) is 0 Å². The molecule has 2 aromatic carbocycles. The largest absolute Gasteiger partial charge is 0.460 e. The normalized spacial score (nSPS) is 14.8. The highest BCUT2D eigenvalue weighted by Crippen LogP contribution is 2.39. The zero-order chi connectivity index (χ0) is 36.6. The minimum atomic E-state index is -1.04. The molecule has 11 heteroatoms. The lowest BCUT2D eigenvalue weighted by molar-refractivity contribution is -0.169. The van der Waals surface area contributed by atoms with Crippen LogP contribution in [0.25, 0.3) is 10.1 Å². The van der Waals surface area contributed by atoms with Gasteiger partial charge < -0.3 is 33.3 Å². The number of fused-ring (bicyclic) bond motifs is 2. The molecule has 3 aromatic rings. The lowest BCUT2D eigenvalue weighted by Gasteiger charge is -2.37. The molecule has 50 heavy (non-hydrogen) atoms. The molecule has 0 radical (unpaired) electrons. The van der Waals surface area contributed by atoms with E-state index in [1.165, 1.54) is 0 Å². The maximum Gasteiger partial charge on any atom is 0.310 e. The van der Waals surface area contributed by atoms with Gasteiger partial charge in [0.25, 0.3) is 0 Å². The highest BCUT2D eigenvalue weighted by atomic mass is 32.1. The predicted octanol–water partition coefficient (Wildman–Crippen LogP) is 8.00. The van der Waals surface area contributed by atoms with E-state index in [1.807, 2.05) is 51.1 Å². The number of amides is 1. The number of esters is 2. The molecule has 10 nitrogen and oxygen atoms in total. The number of hydrogen-bond donors (Lipinski definition) is 0. The Balaban J connectivity index is 1.74. The van der Waals surface area contributed by atoms with E-state index >= 15 is 0 Å². The summed E-state index contributed by atoms with van der Waals surface area (Å²) in [5.74, 6) is -1.50. The first kappa shape index (κ1) is 39.1. The summed E-state index contributed by atoms with van der Waals surface area (Å²) in [4.78, 5) is 44.1. The molecule has 0 fully saturated rings. The Hall–Kier alpha value is -3.67. The summed E-state index contributed by atoms with van der Waals surface area (Å²) in [6.07, 6.45) is -0.597. The van der Waals surface area contributed by atoms with Crippen LogP contribution in [0.2, 0.25) is 0 Å². The smallest absolute Gasteiger partial charge is 0.310 e. The third-order valence-corrected chi connectivity index (χ3v) is 9.27. The number of thiophene rings is 1. The SMILES string of the molecule is CCOC(CC(c1ccc2c(c1)OCO2)C(C)N(Cc1cc2ccccc2s1)C(=O)C[C@H](CC(=O)OC(C)(C)C)C(=O)OC(C)(C)C)OCC. The van der Waals surface area contributed by atoms with Crippen LogP contribution < -0.4 is 9.47 Å². The third kappa shape index (κ3) is 11.2. The van der Waals surface area contributed by atoms with Crippen molar-refractivity contribution in [1.82, 2.24) is 4.90 Å². The van der Waals surface area contributed by atoms with Gasteiger partial charge in [0.15, 0.2) is 17.8 Å². The van der Waals surface area contributed by atoms with Gasteiger partial charge in [0, 0.05) is 47.6 Å². The van der Waals surface area contributed by atoms with Gasteiger partial charge in [0.05, 0.1) is 18.9 Å². The van der Waals surface area contributed by atoms with Crippen LogP contribution in [-0.2, 0) is 39.9 Å². The van der Waals surface area contributed by atoms with Crippen LogP contribution in [0, 0.1) is 5.92 Å². The molecule has 0 saturated heterocycles. The fourth-order valence-corrected chi connectivity index (χ4v) is 7.08. The summed E-state index contributed by atoms with van der Waals surface area (Å²) in [5.41, 5.74) is -0.636. The van der Waals surface area contributed by atoms with Crippen molar-refractivity contribution in [3.05, 3.63) is 59.0 Å². The molecular weight excluding hydrogens is 658 g/mol. The minimum Gasteiger partial charge on any atom is -0.460 e. The number of hydrogen-bond acceptors (Lipinski definition) is 10. The van der Waals surface area contributed by atoms with Crippen LogP contribution in [-0.4, -0.2) is 66.3 Å². The number of nitrogens with zero attached hydrogens (tertiary/aromatic N) is 1. The van der Waals surface area contributed by atoms with Crippen LogP contribution >= 0.6 is 11.3 Å². The summed E-state index contributed by atoms with van der Waals surface area (Å²) in [6, 6.07) is 15.6. The van der Waals surface area contributed by atoms with Gasteiger partial charge in [-0.15, -0.1) is 11.3 Å². The second-order valence-corrected chi connectivity index (χ2v) is 15.7. The van der Waals surface area contributed by atoms with Gasteiger partial charge in [0.1, 0.15) is 11.2 Å². The molecule has 1 aliphatic rings. The maximum atomic E-state index is 14.7. The summed E-state index contributed by atoms with van der Waals surface area (Å²) in [7, 11) is 0. The van der Waals surface area contributed by atoms with E-state index in [4.69, 9.17) is 28.4 Å². The fraction of sp³-hybridized carbons (Fsp3) is 0.564. The molecule has 1 aromatic heterocycles. The molecule has 1 aliphatic heterocycles. The van der Waals surface area contributed by atoms with E-state index in [0.717, 1.165) is 20.5 Å². The van der Waals surface area contributed by atoms with Gasteiger partial charge in [-0.2, -0.15) is 0 Å². The number of carbonyl (C=O) groups excluding carboxylic acids is 3. The van der Waals surface area contributed by atoms with E-state index in [-0.39, 0.29) is 31.5 Å². The highest BCUT2D eigenvalue weighted by Gasteiger charge is 2.37. The quantitative estimate of drug-likeness (QED) is 0.108. The topological polar surface area (TPSA) is 110 Å². The Labute approximate surface area is 300 Å². The Bertz CT molecular complexity index is 1570. The molecule has 4 rings (SSSR count). The Morgan fingerprint density at radius 1 is 0.860 bits per heavy atom. The maximum absolute atomic E-state index is 14.7. The first-order valence-corrected chi connectivity index (χ1v) is 18.2. The van der Waals surface area contributed by atoms with Crippen molar-refractivity contribution in [2.24, 2.45) is 5.92 Å². The molecule has 274 valence electrons. The second kappa shape index (κ2) is 17.0. The van der Waals surface area contributed by atoms with E-state index in [0.29, 0.717) is 37.7 Å². The molecule has 3 atom stereocenters. The first-order chi connectivity index (χ1) is 23.6. The summed E-state index contributed by atoms with van der Waals surface area (Å²) < 4.78 is 35.7. The van der Waals surface area contributed by atoms with Gasteiger partial charge >= 0.3 is 11.9 Å². The van der Waals surface area contributed by atoms with Crippen LogP contribution in [0.1, 0.15) is 97.9 Å². The van der Waals surface area contributed by atoms with Crippen molar-refractivity contribution in [2.45, 2.75) is 118 Å². The molecule has 0 N–H and O–H groups in total. The molecule has 2 unspecified atom stereocenters. The summed E-state index contributed by atoms with van der Waals surface area (Å²) in [6.45, 7) is 17.8. The van der Waals surface area contributed by atoms with Crippen molar-refractivity contribution >= 4 is 39.3 Å². The zero-order valence-corrected chi connectivity index (χ0v) is 31.7. The van der Waals surface area contributed by atoms with Gasteiger partial charge in [-0.3, -0.25) is 14.4 Å². The number of carbonyl (C=O) groups is 3. The lowest BCUT2D eigenvalue weighted by atomic mass is 9.87. The monoisotopic (exact) mass is 711 g/mol. The molecule has 0 saturated carbocycles. The van der Waals surface area contributed by atoms with Crippen LogP contribution in [0.15, 0.2) is 48.5 Å². The lowest BCUT2D eigenvalue weighted by Crippen LogP contribution is -2.44. The Morgan fingerprint density at radius 3 is 2.16 bits per heavy atom. The number of benzene rings is 2. The van der Waals surface area contributed by atoms with Gasteiger partial charge in [0.2, 0.25) is 12.7 Å². The Kier molecular flexibility index (Phi) is 13.3. The average molecular weight is 712 g/mol. The van der Waals surface area contributed by atoms with Crippen molar-refractivity contribution in [2.75, 3.05) is 20.0 Å². The second-order valence-electron chi connectivity index (χ2n) is 14.5. The fourth-order valence-electron chi connectivity index (χ4n) is 6.01. The van der Waals surface area contributed by atoms with E-state index in [2.05, 4.69) is 18.2 Å². The van der Waals surface area contributed by atoms with Crippen molar-refractivity contribution < 1.29 is 42.8 Å². The van der Waals surface area contributed by atoms with Crippen molar-refractivity contribution in [3.8, 4) is 11.5 Å². The molecule has 0 bridgehead atoms. The molecule has 2 heterocycles. The standard InChI is InChI=1S/C39H53NO9S/c1-10-44-36(45-11-2)22-30(26-16-17-31-32(19-26)47-24-46-31)25(3)40(23-29-18-27-14-12-13-15-33(27)50-29)34(41)20-28(37(43)49-39(7,8)9)21-35(42)48-38(4,5)6/h12-19,25,28,30,36H,10-11,20-24H2,1-9H3/t25?,28-,30?/m1/s1. The first-order valence-electron chi connectivity index (χ1n) is 17.4. The summed E-state index contributed by atoms with van der Waals surface area (Å²) >= 11 is 1.62. The van der Waals surface area contributed by atoms with Crippen LogP contribution in [0.5, 0.6) is 11.5 Å². The highest BCUT2D eigenvalue weighted by molar-refractivity contribution is 7.19. The molecular formula is C39H53NO9S. The predicted molar refractivity (Wildman–Crippen MR) is 193 cm³/mol. The number of ether oxygens (including phenoxy) is 6. The van der Waals surface area contributed by atoms with E-state index in [1.54, 1.807) is 57.8 Å². The van der Waals surface area contributed by atoms with Gasteiger partial charge in [-0.05, 0) is 97.5 Å². The molecule has 1 amide bonds. The zero-order valence-electron chi connectivity index (χ0n) is 30.9. The third-order valence-electron chi connectivity index (χ3n) is 8.17. The van der Waals surface area contributed by atoms with Crippen molar-refractivity contribution in [1.29, 1.82) is 0 Å². The Morgan fingerprint density at radius 2 is 1.52 bits per heavy atom. The molecule has 0 spiro atoms. The van der Waals surface area contributed by atoms with Gasteiger partial charge in [-0.1, -0.05) is 24.3 Å². The van der Waals surface area contributed by atoms with E-state index in [9.17, 15) is 14.4 Å². The summed E-state index contributed by atoms with van der Waals surface area (Å²) in [5, 5.41) is 1.09. The number of rotatable bonds is 16. The van der Waals surface area contributed by atoms with Gasteiger partial charge in [-0.25, -0.2) is 0 Å². The van der Waals surface area contributed by atoms with Crippen molar-refractivity contribution in [3.63, 3.8) is 0 Å². The van der Waals surface area contributed by atoms with E-state index < -0.39 is 41.4 Å². The molecule has 0 aliphatic carbocycles. The van der Waals surface area contributed by atoms with Crippen LogP contribution in [0.3, 0.4) is 0 Å². The average Bonchev–Trinajstić information content (AvgIpc) is 3.66.